The standard InChI is InChI=1S/C10H10BrNO/c11-10-4-2-1-3-8(10)5-6-9(13)7-12/h1-4,7,12H,5-6H2. The van der Waals surface area contributed by atoms with Crippen LogP contribution in [0.4, 0.5) is 0 Å². The molecule has 0 amide bonds. The van der Waals surface area contributed by atoms with Crippen LogP contribution in [-0.4, -0.2) is 12.0 Å². The molecule has 0 spiro atoms. The number of benzene rings is 1. The van der Waals surface area contributed by atoms with Crippen molar-refractivity contribution in [2.24, 2.45) is 0 Å². The molecule has 1 aromatic rings. The molecule has 0 aliphatic carbocycles. The van der Waals surface area contributed by atoms with E-state index in [1.165, 1.54) is 0 Å². The third kappa shape index (κ3) is 3.11. The summed E-state index contributed by atoms with van der Waals surface area (Å²) < 4.78 is 1.02. The maximum Gasteiger partial charge on any atom is 0.173 e. The van der Waals surface area contributed by atoms with Crippen molar-refractivity contribution in [3.05, 3.63) is 34.3 Å². The van der Waals surface area contributed by atoms with Crippen molar-refractivity contribution in [3.63, 3.8) is 0 Å². The van der Waals surface area contributed by atoms with E-state index in [1.807, 2.05) is 24.3 Å². The van der Waals surface area contributed by atoms with Gasteiger partial charge in [-0.05, 0) is 18.1 Å². The zero-order valence-electron chi connectivity index (χ0n) is 7.09. The van der Waals surface area contributed by atoms with Crippen LogP contribution in [0.1, 0.15) is 12.0 Å². The highest BCUT2D eigenvalue weighted by atomic mass is 79.9. The molecule has 0 aliphatic heterocycles. The minimum Gasteiger partial charge on any atom is -0.305 e. The van der Waals surface area contributed by atoms with E-state index in [0.717, 1.165) is 16.3 Å². The quantitative estimate of drug-likeness (QED) is 0.807. The van der Waals surface area contributed by atoms with Crippen LogP contribution < -0.4 is 0 Å². The van der Waals surface area contributed by atoms with E-state index in [1.54, 1.807) is 0 Å². The fourth-order valence-electron chi connectivity index (χ4n) is 1.03. The molecule has 2 nitrogen and oxygen atoms in total. The van der Waals surface area contributed by atoms with E-state index in [4.69, 9.17) is 5.41 Å². The lowest BCUT2D eigenvalue weighted by atomic mass is 10.1. The summed E-state index contributed by atoms with van der Waals surface area (Å²) in [5, 5.41) is 6.74. The molecule has 1 rings (SSSR count). The van der Waals surface area contributed by atoms with Gasteiger partial charge >= 0.3 is 0 Å². The van der Waals surface area contributed by atoms with Crippen LogP contribution in [0.5, 0.6) is 0 Å². The van der Waals surface area contributed by atoms with Gasteiger partial charge in [0.15, 0.2) is 5.78 Å². The normalized spacial score (nSPS) is 9.62. The SMILES string of the molecule is N=CC(=O)CCc1ccccc1Br. The monoisotopic (exact) mass is 239 g/mol. The zero-order valence-corrected chi connectivity index (χ0v) is 8.67. The molecule has 13 heavy (non-hydrogen) atoms. The van der Waals surface area contributed by atoms with Gasteiger partial charge in [-0.1, -0.05) is 34.1 Å². The lowest BCUT2D eigenvalue weighted by Crippen LogP contribution is -2.00. The van der Waals surface area contributed by atoms with Crippen molar-refractivity contribution in [2.45, 2.75) is 12.8 Å². The van der Waals surface area contributed by atoms with Gasteiger partial charge in [0.2, 0.25) is 0 Å². The van der Waals surface area contributed by atoms with Gasteiger partial charge in [-0.25, -0.2) is 0 Å². The van der Waals surface area contributed by atoms with E-state index >= 15 is 0 Å². The van der Waals surface area contributed by atoms with E-state index in [2.05, 4.69) is 15.9 Å². The first-order chi connectivity index (χ1) is 6.24. The van der Waals surface area contributed by atoms with Gasteiger partial charge in [0.05, 0.1) is 6.21 Å². The second kappa shape index (κ2) is 4.92. The first kappa shape index (κ1) is 10.1. The molecule has 0 aromatic heterocycles. The maximum atomic E-state index is 10.8. The Hall–Kier alpha value is -0.960. The molecule has 0 radical (unpaired) electrons. The predicted octanol–water partition coefficient (Wildman–Crippen LogP) is 2.60. The lowest BCUT2D eigenvalue weighted by molar-refractivity contribution is -0.112. The first-order valence-electron chi connectivity index (χ1n) is 4.00. The Bertz CT molecular complexity index is 322. The van der Waals surface area contributed by atoms with Gasteiger partial charge in [0, 0.05) is 10.9 Å². The molecular weight excluding hydrogens is 230 g/mol. The van der Waals surface area contributed by atoms with Crippen LogP contribution in [0.3, 0.4) is 0 Å². The number of nitrogens with one attached hydrogen (secondary N) is 1. The van der Waals surface area contributed by atoms with Crippen molar-refractivity contribution < 1.29 is 4.79 Å². The molecule has 0 fully saturated rings. The van der Waals surface area contributed by atoms with E-state index in [-0.39, 0.29) is 5.78 Å². The number of Topliss-reactive ketones (excluding diaryl/α,β-unsaturated/α-hetero) is 1. The average Bonchev–Trinajstić information content (AvgIpc) is 2.16. The summed E-state index contributed by atoms with van der Waals surface area (Å²) in [6, 6.07) is 7.80. The van der Waals surface area contributed by atoms with Crippen molar-refractivity contribution >= 4 is 27.9 Å². The number of hydrogen-bond acceptors (Lipinski definition) is 2. The summed E-state index contributed by atoms with van der Waals surface area (Å²) in [7, 11) is 0. The van der Waals surface area contributed by atoms with Crippen LogP contribution in [0.15, 0.2) is 28.7 Å². The maximum absolute atomic E-state index is 10.8. The van der Waals surface area contributed by atoms with Gasteiger partial charge < -0.3 is 5.41 Å². The molecule has 0 saturated carbocycles. The van der Waals surface area contributed by atoms with Crippen molar-refractivity contribution in [3.8, 4) is 0 Å². The molecule has 0 saturated heterocycles. The van der Waals surface area contributed by atoms with Crippen LogP contribution in [0, 0.1) is 5.41 Å². The summed E-state index contributed by atoms with van der Waals surface area (Å²) in [6.07, 6.45) is 1.97. The zero-order chi connectivity index (χ0) is 9.68. The van der Waals surface area contributed by atoms with Gasteiger partial charge in [-0.15, -0.1) is 0 Å². The molecule has 0 unspecified atom stereocenters. The van der Waals surface area contributed by atoms with Crippen molar-refractivity contribution in [1.29, 1.82) is 5.41 Å². The average molecular weight is 240 g/mol. The van der Waals surface area contributed by atoms with E-state index in [9.17, 15) is 4.79 Å². The lowest BCUT2D eigenvalue weighted by Gasteiger charge is -2.00. The van der Waals surface area contributed by atoms with Crippen LogP contribution in [-0.2, 0) is 11.2 Å². The molecule has 1 aromatic carbocycles. The third-order valence-corrected chi connectivity index (χ3v) is 2.53. The van der Waals surface area contributed by atoms with E-state index < -0.39 is 0 Å². The molecular formula is C10H10BrNO. The molecule has 0 heterocycles. The van der Waals surface area contributed by atoms with E-state index in [0.29, 0.717) is 12.8 Å². The fourth-order valence-corrected chi connectivity index (χ4v) is 1.51. The minimum absolute atomic E-state index is 0.129. The Morgan fingerprint density at radius 3 is 2.77 bits per heavy atom. The van der Waals surface area contributed by atoms with Gasteiger partial charge in [0.25, 0.3) is 0 Å². The Labute approximate surface area is 85.6 Å². The molecule has 3 heteroatoms. The second-order valence-corrected chi connectivity index (χ2v) is 3.56. The highest BCUT2D eigenvalue weighted by molar-refractivity contribution is 9.10. The second-order valence-electron chi connectivity index (χ2n) is 2.70. The minimum atomic E-state index is -0.129. The fraction of sp³-hybridized carbons (Fsp3) is 0.200. The molecule has 0 atom stereocenters. The molecule has 1 N–H and O–H groups in total. The number of ketones is 1. The third-order valence-electron chi connectivity index (χ3n) is 1.76. The largest absolute Gasteiger partial charge is 0.305 e. The number of carbonyl (C=O) groups is 1. The van der Waals surface area contributed by atoms with Gasteiger partial charge in [0.1, 0.15) is 0 Å². The Morgan fingerprint density at radius 2 is 2.15 bits per heavy atom. The first-order valence-corrected chi connectivity index (χ1v) is 4.80. The van der Waals surface area contributed by atoms with Crippen LogP contribution in [0.2, 0.25) is 0 Å². The van der Waals surface area contributed by atoms with Crippen LogP contribution in [0.25, 0.3) is 0 Å². The molecule has 0 aliphatic rings. The van der Waals surface area contributed by atoms with Gasteiger partial charge in [-0.2, -0.15) is 0 Å². The summed E-state index contributed by atoms with van der Waals surface area (Å²) >= 11 is 3.40. The summed E-state index contributed by atoms with van der Waals surface area (Å²) in [5.74, 6) is -0.129. The van der Waals surface area contributed by atoms with Crippen molar-refractivity contribution in [1.82, 2.24) is 0 Å². The number of rotatable bonds is 4. The Balaban J connectivity index is 2.59. The summed E-state index contributed by atoms with van der Waals surface area (Å²) in [5.41, 5.74) is 1.11. The predicted molar refractivity (Wildman–Crippen MR) is 56.3 cm³/mol. The molecule has 0 bridgehead atoms. The van der Waals surface area contributed by atoms with Crippen LogP contribution >= 0.6 is 15.9 Å². The molecule has 68 valence electrons. The van der Waals surface area contributed by atoms with Gasteiger partial charge in [-0.3, -0.25) is 4.79 Å². The number of halogens is 1. The van der Waals surface area contributed by atoms with Crippen molar-refractivity contribution in [2.75, 3.05) is 0 Å². The summed E-state index contributed by atoms with van der Waals surface area (Å²) in [4.78, 5) is 10.8. The number of carbonyl (C=O) groups excluding carboxylic acids is 1. The smallest absolute Gasteiger partial charge is 0.173 e. The Morgan fingerprint density at radius 1 is 1.46 bits per heavy atom. The summed E-state index contributed by atoms with van der Waals surface area (Å²) in [6.45, 7) is 0. The number of hydrogen-bond donors (Lipinski definition) is 1. The number of aryl methyl sites for hydroxylation is 1. The highest BCUT2D eigenvalue weighted by Gasteiger charge is 2.01. The Kier molecular flexibility index (Phi) is 3.83. The highest BCUT2D eigenvalue weighted by Crippen LogP contribution is 2.17. The topological polar surface area (TPSA) is 40.9 Å².